The predicted molar refractivity (Wildman–Crippen MR) is 150 cm³/mol. The summed E-state index contributed by atoms with van der Waals surface area (Å²) in [6.07, 6.45) is 1.99. The molecule has 0 atom stereocenters. The molecule has 1 saturated heterocycles. The molecule has 11 heteroatoms. The van der Waals surface area contributed by atoms with Gasteiger partial charge in [0.2, 0.25) is 5.89 Å². The van der Waals surface area contributed by atoms with Crippen LogP contribution in [0.1, 0.15) is 23.2 Å². The van der Waals surface area contributed by atoms with Crippen LogP contribution in [0.2, 0.25) is 0 Å². The molecule has 1 aliphatic rings. The summed E-state index contributed by atoms with van der Waals surface area (Å²) in [6, 6.07) is 17.6. The highest BCUT2D eigenvalue weighted by Crippen LogP contribution is 2.32. The molecule has 36 heavy (non-hydrogen) atoms. The Kier molecular flexibility index (Phi) is 6.83. The van der Waals surface area contributed by atoms with Crippen molar-refractivity contribution in [3.8, 4) is 11.5 Å². The van der Waals surface area contributed by atoms with Crippen LogP contribution in [0, 0.1) is 13.7 Å². The highest BCUT2D eigenvalue weighted by molar-refractivity contribution is 14.1. The fraction of sp³-hybridized carbons (Fsp3) is 0.160. The number of fused-ring (bicyclic) bond motifs is 1. The number of benzene rings is 3. The lowest BCUT2D eigenvalue weighted by atomic mass is 10.1. The van der Waals surface area contributed by atoms with Gasteiger partial charge in [-0.1, -0.05) is 0 Å². The first-order chi connectivity index (χ1) is 17.4. The first-order valence-electron chi connectivity index (χ1n) is 11.2. The van der Waals surface area contributed by atoms with E-state index in [0.717, 1.165) is 35.1 Å². The van der Waals surface area contributed by atoms with E-state index in [1.165, 1.54) is 6.07 Å². The van der Waals surface area contributed by atoms with Crippen LogP contribution in [0.3, 0.4) is 0 Å². The zero-order valence-electron chi connectivity index (χ0n) is 18.9. The molecule has 3 aromatic carbocycles. The molecule has 0 unspecified atom stereocenters. The van der Waals surface area contributed by atoms with Crippen LogP contribution in [-0.2, 0) is 0 Å². The summed E-state index contributed by atoms with van der Waals surface area (Å²) in [4.78, 5) is 30.4. The first-order valence-corrected chi connectivity index (χ1v) is 12.7. The maximum atomic E-state index is 12.7. The molecular weight excluding hydrogens is 593 g/mol. The van der Waals surface area contributed by atoms with Crippen LogP contribution >= 0.6 is 34.8 Å². The van der Waals surface area contributed by atoms with Crippen molar-refractivity contribution >= 4 is 74.0 Å². The minimum Gasteiger partial charge on any atom is -0.436 e. The Morgan fingerprint density at radius 1 is 1.08 bits per heavy atom. The van der Waals surface area contributed by atoms with E-state index in [0.29, 0.717) is 28.4 Å². The summed E-state index contributed by atoms with van der Waals surface area (Å²) in [7, 11) is 0. The molecule has 0 aliphatic carbocycles. The number of nitro benzene ring substituents is 1. The number of nitrogens with one attached hydrogen (secondary N) is 2. The quantitative estimate of drug-likeness (QED) is 0.127. The second kappa shape index (κ2) is 10.2. The lowest BCUT2D eigenvalue weighted by Crippen LogP contribution is -2.34. The second-order valence-electron chi connectivity index (χ2n) is 8.27. The zero-order valence-corrected chi connectivity index (χ0v) is 21.8. The van der Waals surface area contributed by atoms with E-state index in [-0.39, 0.29) is 16.4 Å². The largest absolute Gasteiger partial charge is 0.436 e. The van der Waals surface area contributed by atoms with Crippen molar-refractivity contribution in [2.45, 2.75) is 12.8 Å². The van der Waals surface area contributed by atoms with Gasteiger partial charge in [0, 0.05) is 39.5 Å². The third kappa shape index (κ3) is 5.16. The number of nitrogens with zero attached hydrogens (tertiary/aromatic N) is 3. The number of thiocarbonyl (C=S) groups is 1. The first kappa shape index (κ1) is 24.1. The molecule has 5 rings (SSSR count). The number of rotatable bonds is 5. The Morgan fingerprint density at radius 2 is 1.83 bits per heavy atom. The van der Waals surface area contributed by atoms with Crippen molar-refractivity contribution in [2.75, 3.05) is 23.3 Å². The zero-order chi connectivity index (χ0) is 25.2. The van der Waals surface area contributed by atoms with E-state index >= 15 is 0 Å². The number of amides is 1. The van der Waals surface area contributed by atoms with E-state index in [2.05, 4.69) is 38.2 Å². The van der Waals surface area contributed by atoms with Gasteiger partial charge in [-0.3, -0.25) is 20.2 Å². The topological polar surface area (TPSA) is 114 Å². The number of oxazole rings is 1. The molecule has 4 aromatic rings. The molecular formula is C25H20IN5O4S. The SMILES string of the molecule is O=C(NC(=S)Nc1ccc2oc(-c3ccc(I)cc3)nc2c1)c1ccc(N2CCCC2)c([N+](=O)[O-])c1. The minimum atomic E-state index is -0.535. The Labute approximate surface area is 225 Å². The van der Waals surface area contributed by atoms with E-state index in [1.807, 2.05) is 29.2 Å². The third-order valence-corrected chi connectivity index (χ3v) is 6.77. The summed E-state index contributed by atoms with van der Waals surface area (Å²) in [5.74, 6) is -0.0273. The summed E-state index contributed by atoms with van der Waals surface area (Å²) in [5, 5.41) is 17.2. The average Bonchev–Trinajstić information content (AvgIpc) is 3.54. The van der Waals surface area contributed by atoms with Crippen molar-refractivity contribution in [1.29, 1.82) is 0 Å². The normalized spacial score (nSPS) is 13.1. The van der Waals surface area contributed by atoms with Crippen molar-refractivity contribution in [2.24, 2.45) is 0 Å². The lowest BCUT2D eigenvalue weighted by molar-refractivity contribution is -0.384. The molecule has 0 saturated carbocycles. The van der Waals surface area contributed by atoms with E-state index in [1.54, 1.807) is 30.3 Å². The van der Waals surface area contributed by atoms with Gasteiger partial charge in [-0.15, -0.1) is 0 Å². The van der Waals surface area contributed by atoms with E-state index in [4.69, 9.17) is 16.6 Å². The molecule has 0 radical (unpaired) electrons. The summed E-state index contributed by atoms with van der Waals surface area (Å²) in [6.45, 7) is 1.53. The van der Waals surface area contributed by atoms with Crippen molar-refractivity contribution in [3.05, 3.63) is 79.9 Å². The molecule has 0 spiro atoms. The van der Waals surface area contributed by atoms with E-state index < -0.39 is 10.8 Å². The van der Waals surface area contributed by atoms with Crippen molar-refractivity contribution in [3.63, 3.8) is 0 Å². The van der Waals surface area contributed by atoms with Crippen LogP contribution in [0.15, 0.2) is 65.1 Å². The fourth-order valence-electron chi connectivity index (χ4n) is 4.10. The number of anilines is 2. The number of nitro groups is 1. The minimum absolute atomic E-state index is 0.0620. The maximum absolute atomic E-state index is 12.7. The molecule has 2 N–H and O–H groups in total. The second-order valence-corrected chi connectivity index (χ2v) is 9.93. The van der Waals surface area contributed by atoms with Crippen molar-refractivity contribution < 1.29 is 14.1 Å². The fourth-order valence-corrected chi connectivity index (χ4v) is 4.67. The smallest absolute Gasteiger partial charge is 0.293 e. The molecule has 2 heterocycles. The van der Waals surface area contributed by atoms with Gasteiger partial charge in [0.1, 0.15) is 11.2 Å². The number of hydrogen-bond acceptors (Lipinski definition) is 7. The Morgan fingerprint density at radius 3 is 2.56 bits per heavy atom. The Balaban J connectivity index is 1.28. The van der Waals surface area contributed by atoms with Crippen LogP contribution in [-0.4, -0.2) is 34.0 Å². The molecule has 182 valence electrons. The molecule has 9 nitrogen and oxygen atoms in total. The predicted octanol–water partition coefficient (Wildman–Crippen LogP) is 5.73. The molecule has 1 fully saturated rings. The van der Waals surface area contributed by atoms with Gasteiger partial charge < -0.3 is 14.6 Å². The number of halogens is 1. The van der Waals surface area contributed by atoms with Crippen LogP contribution in [0.25, 0.3) is 22.6 Å². The molecule has 1 aliphatic heterocycles. The number of carbonyl (C=O) groups is 1. The number of aromatic nitrogens is 1. The number of carbonyl (C=O) groups excluding carboxylic acids is 1. The number of hydrogen-bond donors (Lipinski definition) is 2. The summed E-state index contributed by atoms with van der Waals surface area (Å²) in [5.41, 5.74) is 3.33. The van der Waals surface area contributed by atoms with E-state index in [9.17, 15) is 14.9 Å². The van der Waals surface area contributed by atoms with Gasteiger partial charge in [0.05, 0.1) is 4.92 Å². The lowest BCUT2D eigenvalue weighted by Gasteiger charge is -2.18. The Hall–Kier alpha value is -3.58. The average molecular weight is 613 g/mol. The summed E-state index contributed by atoms with van der Waals surface area (Å²) >= 11 is 7.53. The third-order valence-electron chi connectivity index (χ3n) is 5.84. The van der Waals surface area contributed by atoms with Crippen LogP contribution in [0.5, 0.6) is 0 Å². The maximum Gasteiger partial charge on any atom is 0.293 e. The van der Waals surface area contributed by atoms with Gasteiger partial charge in [-0.2, -0.15) is 0 Å². The van der Waals surface area contributed by atoms with Gasteiger partial charge in [-0.05, 0) is 102 Å². The van der Waals surface area contributed by atoms with Gasteiger partial charge in [0.15, 0.2) is 10.7 Å². The monoisotopic (exact) mass is 613 g/mol. The highest BCUT2D eigenvalue weighted by atomic mass is 127. The molecule has 1 aromatic heterocycles. The van der Waals surface area contributed by atoms with Gasteiger partial charge in [0.25, 0.3) is 11.6 Å². The standard InChI is InChI=1S/C25H20IN5O4S/c26-17-6-3-15(4-7-17)24-28-19-14-18(8-10-22(19)35-24)27-25(36)29-23(32)16-5-9-20(21(13-16)31(33)34)30-11-1-2-12-30/h3-10,13-14H,1-2,11-12H2,(H2,27,29,32,36). The molecule has 1 amide bonds. The Bertz CT molecular complexity index is 1480. The highest BCUT2D eigenvalue weighted by Gasteiger charge is 2.24. The van der Waals surface area contributed by atoms with Gasteiger partial charge >= 0.3 is 0 Å². The molecule has 0 bridgehead atoms. The van der Waals surface area contributed by atoms with Crippen LogP contribution in [0.4, 0.5) is 17.1 Å². The van der Waals surface area contributed by atoms with Gasteiger partial charge in [-0.25, -0.2) is 4.98 Å². The summed E-state index contributed by atoms with van der Waals surface area (Å²) < 4.78 is 6.97. The van der Waals surface area contributed by atoms with Crippen LogP contribution < -0.4 is 15.5 Å². The van der Waals surface area contributed by atoms with Crippen molar-refractivity contribution in [1.82, 2.24) is 10.3 Å².